The molecule has 1 saturated heterocycles. The summed E-state index contributed by atoms with van der Waals surface area (Å²) < 4.78 is -0.252. The van der Waals surface area contributed by atoms with E-state index in [0.29, 0.717) is 0 Å². The van der Waals surface area contributed by atoms with Gasteiger partial charge in [-0.3, -0.25) is 14.5 Å². The first-order chi connectivity index (χ1) is 13.5. The van der Waals surface area contributed by atoms with Crippen molar-refractivity contribution in [2.75, 3.05) is 20.0 Å². The molecule has 30 heavy (non-hydrogen) atoms. The number of nitrogens with one attached hydrogen (secondary N) is 1. The lowest BCUT2D eigenvalue weighted by Crippen LogP contribution is -2.60. The van der Waals surface area contributed by atoms with E-state index in [1.165, 1.54) is 6.92 Å². The zero-order valence-corrected chi connectivity index (χ0v) is 20.9. The molecule has 3 atom stereocenters. The molecule has 3 unspecified atom stereocenters. The molecule has 0 saturated carbocycles. The van der Waals surface area contributed by atoms with Crippen molar-refractivity contribution in [3.05, 3.63) is 11.6 Å². The smallest absolute Gasteiger partial charge is 0.331 e. The van der Waals surface area contributed by atoms with Crippen LogP contribution in [0.3, 0.4) is 0 Å². The summed E-state index contributed by atoms with van der Waals surface area (Å²) >= 11 is 1.72. The zero-order chi connectivity index (χ0) is 23.6. The minimum Gasteiger partial charge on any atom is -0.478 e. The van der Waals surface area contributed by atoms with Gasteiger partial charge in [0.1, 0.15) is 12.1 Å². The Bertz CT molecular complexity index is 697. The number of carboxylic acid groups (broad SMARTS) is 1. The number of carbonyl (C=O) groups excluding carboxylic acids is 2. The fraction of sp³-hybridized carbons (Fsp3) is 0.773. The number of nitrogens with zero attached hydrogens (tertiary/aromatic N) is 2. The summed E-state index contributed by atoms with van der Waals surface area (Å²) in [5.74, 6) is -0.622. The first-order valence-electron chi connectivity index (χ1n) is 10.3. The molecule has 8 heteroatoms. The van der Waals surface area contributed by atoms with E-state index in [9.17, 15) is 19.5 Å². The Morgan fingerprint density at radius 3 is 2.17 bits per heavy atom. The summed E-state index contributed by atoms with van der Waals surface area (Å²) in [6, 6.07) is -1.46. The SMILES string of the molecule is C/C(=C\C(C(C)C)N(C)C(=O)C(NC(=O)C1N(C)CSC1(C)C)C(C)(C)C)C(=O)O. The number of aliphatic carboxylic acids is 1. The highest BCUT2D eigenvalue weighted by Gasteiger charge is 2.46. The van der Waals surface area contributed by atoms with Crippen molar-refractivity contribution in [3.8, 4) is 0 Å². The predicted octanol–water partition coefficient (Wildman–Crippen LogP) is 2.81. The van der Waals surface area contributed by atoms with Crippen LogP contribution in [0.5, 0.6) is 0 Å². The lowest BCUT2D eigenvalue weighted by molar-refractivity contribution is -0.141. The van der Waals surface area contributed by atoms with E-state index >= 15 is 0 Å². The van der Waals surface area contributed by atoms with Gasteiger partial charge in [-0.1, -0.05) is 40.7 Å². The Balaban J connectivity index is 3.19. The highest BCUT2D eigenvalue weighted by atomic mass is 32.2. The third-order valence-corrected chi connectivity index (χ3v) is 7.13. The molecule has 0 aromatic carbocycles. The number of rotatable bonds is 7. The Morgan fingerprint density at radius 2 is 1.80 bits per heavy atom. The fourth-order valence-corrected chi connectivity index (χ4v) is 4.90. The highest BCUT2D eigenvalue weighted by Crippen LogP contribution is 2.38. The van der Waals surface area contributed by atoms with Crippen LogP contribution in [-0.4, -0.2) is 75.5 Å². The Morgan fingerprint density at radius 1 is 1.27 bits per heavy atom. The molecule has 2 amide bonds. The van der Waals surface area contributed by atoms with Crippen LogP contribution < -0.4 is 5.32 Å². The summed E-state index contributed by atoms with van der Waals surface area (Å²) in [7, 11) is 3.59. The van der Waals surface area contributed by atoms with Gasteiger partial charge >= 0.3 is 5.97 Å². The summed E-state index contributed by atoms with van der Waals surface area (Å²) in [5, 5.41) is 12.3. The van der Waals surface area contributed by atoms with E-state index in [4.69, 9.17) is 0 Å². The van der Waals surface area contributed by atoms with Gasteiger partial charge in [0.2, 0.25) is 11.8 Å². The molecule has 0 aromatic rings. The van der Waals surface area contributed by atoms with E-state index in [1.54, 1.807) is 29.8 Å². The quantitative estimate of drug-likeness (QED) is 0.591. The van der Waals surface area contributed by atoms with Gasteiger partial charge in [-0.05, 0) is 39.2 Å². The van der Waals surface area contributed by atoms with Gasteiger partial charge in [-0.2, -0.15) is 0 Å². The van der Waals surface area contributed by atoms with Crippen LogP contribution in [0.15, 0.2) is 11.6 Å². The highest BCUT2D eigenvalue weighted by molar-refractivity contribution is 8.00. The average Bonchev–Trinajstić information content (AvgIpc) is 2.87. The number of carboxylic acids is 1. The maximum Gasteiger partial charge on any atom is 0.331 e. The van der Waals surface area contributed by atoms with E-state index in [-0.39, 0.29) is 34.1 Å². The standard InChI is InChI=1S/C22H39N3O4S/c1-13(2)15(11-14(3)20(28)29)25(10)19(27)16(21(4,5)6)23-18(26)17-22(7,8)30-12-24(17)9/h11,13,15-17H,12H2,1-10H3,(H,23,26)(H,28,29)/b14-11+. The van der Waals surface area contributed by atoms with E-state index in [0.717, 1.165) is 5.88 Å². The van der Waals surface area contributed by atoms with Crippen LogP contribution in [0, 0.1) is 11.3 Å². The van der Waals surface area contributed by atoms with Crippen molar-refractivity contribution < 1.29 is 19.5 Å². The molecule has 1 aliphatic heterocycles. The van der Waals surface area contributed by atoms with Crippen molar-refractivity contribution >= 4 is 29.5 Å². The van der Waals surface area contributed by atoms with Crippen LogP contribution in [0.25, 0.3) is 0 Å². The number of carbonyl (C=O) groups is 3. The van der Waals surface area contributed by atoms with Gasteiger partial charge in [-0.15, -0.1) is 11.8 Å². The summed E-state index contributed by atoms with van der Waals surface area (Å²) in [5.41, 5.74) is -0.321. The molecule has 7 nitrogen and oxygen atoms in total. The summed E-state index contributed by atoms with van der Waals surface area (Å²) in [6.07, 6.45) is 1.61. The number of amides is 2. The van der Waals surface area contributed by atoms with Crippen molar-refractivity contribution in [2.45, 2.75) is 78.3 Å². The van der Waals surface area contributed by atoms with Gasteiger partial charge < -0.3 is 15.3 Å². The monoisotopic (exact) mass is 441 g/mol. The lowest BCUT2D eigenvalue weighted by atomic mass is 9.84. The second-order valence-corrected chi connectivity index (χ2v) is 11.8. The molecule has 0 radical (unpaired) electrons. The maximum atomic E-state index is 13.5. The molecule has 1 aliphatic rings. The van der Waals surface area contributed by atoms with Gasteiger partial charge in [0, 0.05) is 23.2 Å². The largest absolute Gasteiger partial charge is 0.478 e. The molecular formula is C22H39N3O4S. The minimum absolute atomic E-state index is 0.0147. The lowest BCUT2D eigenvalue weighted by Gasteiger charge is -2.39. The van der Waals surface area contributed by atoms with Crippen molar-refractivity contribution in [1.82, 2.24) is 15.1 Å². The second-order valence-electron chi connectivity index (χ2n) is 10.2. The zero-order valence-electron chi connectivity index (χ0n) is 20.1. The van der Waals surface area contributed by atoms with E-state index in [2.05, 4.69) is 5.32 Å². The van der Waals surface area contributed by atoms with Gasteiger partial charge in [0.15, 0.2) is 0 Å². The molecule has 1 heterocycles. The Kier molecular flexibility index (Phi) is 8.59. The van der Waals surface area contributed by atoms with Crippen LogP contribution >= 0.6 is 11.8 Å². The van der Waals surface area contributed by atoms with Gasteiger partial charge in [0.25, 0.3) is 0 Å². The normalized spacial score (nSPS) is 22.0. The molecule has 0 spiro atoms. The molecule has 1 rings (SSSR count). The summed E-state index contributed by atoms with van der Waals surface area (Å²) in [4.78, 5) is 41.6. The first kappa shape index (κ1) is 26.5. The minimum atomic E-state index is -1.01. The fourth-order valence-electron chi connectivity index (χ4n) is 3.77. The first-order valence-corrected chi connectivity index (χ1v) is 11.3. The topological polar surface area (TPSA) is 90.0 Å². The van der Waals surface area contributed by atoms with Crippen LogP contribution in [0.1, 0.15) is 55.4 Å². The van der Waals surface area contributed by atoms with Crippen molar-refractivity contribution in [1.29, 1.82) is 0 Å². The van der Waals surface area contributed by atoms with Crippen LogP contribution in [-0.2, 0) is 14.4 Å². The molecule has 172 valence electrons. The number of thioether (sulfide) groups is 1. The van der Waals surface area contributed by atoms with Crippen LogP contribution in [0.2, 0.25) is 0 Å². The maximum absolute atomic E-state index is 13.5. The third kappa shape index (κ3) is 6.23. The second kappa shape index (κ2) is 9.73. The number of hydrogen-bond acceptors (Lipinski definition) is 5. The third-order valence-electron chi connectivity index (χ3n) is 5.62. The molecule has 0 aromatic heterocycles. The van der Waals surface area contributed by atoms with Gasteiger partial charge in [-0.25, -0.2) is 4.79 Å². The molecule has 2 N–H and O–H groups in total. The molecular weight excluding hydrogens is 402 g/mol. The van der Waals surface area contributed by atoms with E-state index < -0.39 is 23.5 Å². The molecule has 0 aliphatic carbocycles. The van der Waals surface area contributed by atoms with Crippen molar-refractivity contribution in [3.63, 3.8) is 0 Å². The number of hydrogen-bond donors (Lipinski definition) is 2. The average molecular weight is 442 g/mol. The van der Waals surface area contributed by atoms with Crippen LogP contribution in [0.4, 0.5) is 0 Å². The predicted molar refractivity (Wildman–Crippen MR) is 122 cm³/mol. The Hall–Kier alpha value is -1.54. The number of likely N-dealkylation sites (N-methyl/N-ethyl adjacent to an activating group) is 2. The summed E-state index contributed by atoms with van der Waals surface area (Å²) in [6.45, 7) is 15.3. The molecule has 1 fully saturated rings. The van der Waals surface area contributed by atoms with Gasteiger partial charge in [0.05, 0.1) is 6.04 Å². The van der Waals surface area contributed by atoms with Crippen molar-refractivity contribution in [2.24, 2.45) is 11.3 Å². The Labute approximate surface area is 185 Å². The van der Waals surface area contributed by atoms with E-state index in [1.807, 2.05) is 60.4 Å². The molecule has 0 bridgehead atoms.